The number of carbonyl (C=O) groups excluding carboxylic acids is 1. The average molecular weight is 354 g/mol. The van der Waals surface area contributed by atoms with Crippen LogP contribution in [-0.4, -0.2) is 67.6 Å². The Labute approximate surface area is 155 Å². The Balaban J connectivity index is 1.49. The van der Waals surface area contributed by atoms with E-state index in [1.165, 1.54) is 0 Å². The van der Waals surface area contributed by atoms with Gasteiger partial charge < -0.3 is 14.5 Å². The molecule has 1 aliphatic rings. The first-order chi connectivity index (χ1) is 12.7. The minimum absolute atomic E-state index is 0.127. The highest BCUT2D eigenvalue weighted by Gasteiger charge is 2.21. The largest absolute Gasteiger partial charge is 0.496 e. The van der Waals surface area contributed by atoms with Crippen molar-refractivity contribution in [2.24, 2.45) is 0 Å². The summed E-state index contributed by atoms with van der Waals surface area (Å²) in [6.07, 6.45) is 1.82. The number of hydrogen-bond acceptors (Lipinski definition) is 5. The molecule has 0 N–H and O–H groups in total. The van der Waals surface area contributed by atoms with Crippen molar-refractivity contribution in [1.29, 1.82) is 0 Å². The monoisotopic (exact) mass is 354 g/mol. The molecular weight excluding hydrogens is 328 g/mol. The maximum atomic E-state index is 12.6. The third-order valence-corrected chi connectivity index (χ3v) is 4.73. The fourth-order valence-corrected chi connectivity index (χ4v) is 3.17. The van der Waals surface area contributed by atoms with Crippen LogP contribution in [0.25, 0.3) is 0 Å². The summed E-state index contributed by atoms with van der Waals surface area (Å²) in [5.74, 6) is 1.95. The van der Waals surface area contributed by atoms with Crippen molar-refractivity contribution in [3.63, 3.8) is 0 Å². The average Bonchev–Trinajstić information content (AvgIpc) is 2.69. The molecule has 1 fully saturated rings. The van der Waals surface area contributed by atoms with Crippen LogP contribution < -0.4 is 9.64 Å². The Morgan fingerprint density at radius 1 is 1.12 bits per heavy atom. The number of hydrogen-bond donors (Lipinski definition) is 0. The predicted molar refractivity (Wildman–Crippen MR) is 102 cm³/mol. The molecule has 0 spiro atoms. The molecule has 3 rings (SSSR count). The first-order valence-electron chi connectivity index (χ1n) is 8.91. The smallest absolute Gasteiger partial charge is 0.236 e. The number of ether oxygens (including phenoxy) is 1. The lowest BCUT2D eigenvalue weighted by Crippen LogP contribution is -2.49. The van der Waals surface area contributed by atoms with Crippen LogP contribution in [0.3, 0.4) is 0 Å². The van der Waals surface area contributed by atoms with E-state index < -0.39 is 0 Å². The van der Waals surface area contributed by atoms with Gasteiger partial charge >= 0.3 is 0 Å². The third-order valence-electron chi connectivity index (χ3n) is 4.73. The zero-order chi connectivity index (χ0) is 18.4. The summed E-state index contributed by atoms with van der Waals surface area (Å²) in [4.78, 5) is 23.2. The van der Waals surface area contributed by atoms with Gasteiger partial charge in [-0.2, -0.15) is 0 Å². The van der Waals surface area contributed by atoms with Crippen molar-refractivity contribution in [3.8, 4) is 5.75 Å². The molecule has 1 saturated heterocycles. The number of nitrogens with zero attached hydrogens (tertiary/aromatic N) is 4. The number of piperazine rings is 1. The predicted octanol–water partition coefficient (Wildman–Crippen LogP) is 1.87. The van der Waals surface area contributed by atoms with Crippen molar-refractivity contribution in [1.82, 2.24) is 14.8 Å². The SMILES string of the molecule is COc1ccccc1CN(C)C(=O)CN1CCN(c2ccccn2)CC1. The number of carbonyl (C=O) groups is 1. The Hall–Kier alpha value is -2.60. The minimum atomic E-state index is 0.127. The van der Waals surface area contributed by atoms with Gasteiger partial charge in [0, 0.05) is 51.5 Å². The molecule has 1 aromatic heterocycles. The lowest BCUT2D eigenvalue weighted by atomic mass is 10.2. The normalized spacial score (nSPS) is 14.9. The van der Waals surface area contributed by atoms with Crippen molar-refractivity contribution in [3.05, 3.63) is 54.2 Å². The Bertz CT molecular complexity index is 715. The van der Waals surface area contributed by atoms with Crippen LogP contribution in [0.4, 0.5) is 5.82 Å². The van der Waals surface area contributed by atoms with Gasteiger partial charge in [0.15, 0.2) is 0 Å². The van der Waals surface area contributed by atoms with Gasteiger partial charge in [-0.05, 0) is 18.2 Å². The molecule has 1 aromatic carbocycles. The molecule has 138 valence electrons. The molecule has 0 unspecified atom stereocenters. The van der Waals surface area contributed by atoms with Crippen LogP contribution in [0.15, 0.2) is 48.7 Å². The molecule has 2 aromatic rings. The summed E-state index contributed by atoms with van der Waals surface area (Å²) < 4.78 is 5.37. The molecule has 0 aliphatic carbocycles. The third kappa shape index (κ3) is 4.52. The second-order valence-corrected chi connectivity index (χ2v) is 6.51. The lowest BCUT2D eigenvalue weighted by Gasteiger charge is -2.35. The fraction of sp³-hybridized carbons (Fsp3) is 0.400. The number of methoxy groups -OCH3 is 1. The number of likely N-dealkylation sites (N-methyl/N-ethyl adjacent to an activating group) is 1. The van der Waals surface area contributed by atoms with E-state index in [0.29, 0.717) is 13.1 Å². The standard InChI is InChI=1S/C20H26N4O2/c1-22(15-17-7-3-4-8-18(17)26-2)20(25)16-23-11-13-24(14-12-23)19-9-5-6-10-21-19/h3-10H,11-16H2,1-2H3. The lowest BCUT2D eigenvalue weighted by molar-refractivity contribution is -0.131. The van der Waals surface area contributed by atoms with E-state index in [4.69, 9.17) is 4.74 Å². The molecule has 0 bridgehead atoms. The van der Waals surface area contributed by atoms with E-state index >= 15 is 0 Å². The second-order valence-electron chi connectivity index (χ2n) is 6.51. The molecule has 6 heteroatoms. The van der Waals surface area contributed by atoms with Crippen LogP contribution in [0.5, 0.6) is 5.75 Å². The molecule has 0 atom stereocenters. The van der Waals surface area contributed by atoms with Gasteiger partial charge in [0.25, 0.3) is 0 Å². The zero-order valence-electron chi connectivity index (χ0n) is 15.5. The first-order valence-corrected chi connectivity index (χ1v) is 8.91. The molecule has 26 heavy (non-hydrogen) atoms. The summed E-state index contributed by atoms with van der Waals surface area (Å²) >= 11 is 0. The Morgan fingerprint density at radius 2 is 1.85 bits per heavy atom. The number of rotatable bonds is 6. The highest BCUT2D eigenvalue weighted by molar-refractivity contribution is 5.78. The molecule has 0 radical (unpaired) electrons. The van der Waals surface area contributed by atoms with E-state index in [2.05, 4.69) is 14.8 Å². The number of para-hydroxylation sites is 1. The number of anilines is 1. The minimum Gasteiger partial charge on any atom is -0.496 e. The van der Waals surface area contributed by atoms with Gasteiger partial charge in [0.1, 0.15) is 11.6 Å². The number of aromatic nitrogens is 1. The topological polar surface area (TPSA) is 48.9 Å². The molecule has 1 amide bonds. The highest BCUT2D eigenvalue weighted by Crippen LogP contribution is 2.19. The van der Waals surface area contributed by atoms with Crippen LogP contribution in [0.1, 0.15) is 5.56 Å². The van der Waals surface area contributed by atoms with Gasteiger partial charge in [-0.3, -0.25) is 9.69 Å². The summed E-state index contributed by atoms with van der Waals surface area (Å²) in [6.45, 7) is 4.51. The van der Waals surface area contributed by atoms with Crippen molar-refractivity contribution in [2.75, 3.05) is 51.8 Å². The van der Waals surface area contributed by atoms with Gasteiger partial charge in [-0.15, -0.1) is 0 Å². The molecular formula is C20H26N4O2. The highest BCUT2D eigenvalue weighted by atomic mass is 16.5. The quantitative estimate of drug-likeness (QED) is 0.793. The maximum absolute atomic E-state index is 12.6. The van der Waals surface area contributed by atoms with Gasteiger partial charge in [0.2, 0.25) is 5.91 Å². The van der Waals surface area contributed by atoms with Crippen LogP contribution in [0.2, 0.25) is 0 Å². The molecule has 6 nitrogen and oxygen atoms in total. The summed E-state index contributed by atoms with van der Waals surface area (Å²) in [6, 6.07) is 13.8. The van der Waals surface area contributed by atoms with E-state index in [-0.39, 0.29) is 5.91 Å². The summed E-state index contributed by atoms with van der Waals surface area (Å²) in [7, 11) is 3.50. The van der Waals surface area contributed by atoms with E-state index in [0.717, 1.165) is 43.3 Å². The van der Waals surface area contributed by atoms with E-state index in [9.17, 15) is 4.79 Å². The van der Waals surface area contributed by atoms with Crippen molar-refractivity contribution >= 4 is 11.7 Å². The van der Waals surface area contributed by atoms with Crippen LogP contribution in [-0.2, 0) is 11.3 Å². The zero-order valence-corrected chi connectivity index (χ0v) is 15.5. The molecule has 2 heterocycles. The van der Waals surface area contributed by atoms with E-state index in [1.807, 2.05) is 55.7 Å². The van der Waals surface area contributed by atoms with Crippen molar-refractivity contribution in [2.45, 2.75) is 6.54 Å². The summed E-state index contributed by atoms with van der Waals surface area (Å²) in [5.41, 5.74) is 1.02. The van der Waals surface area contributed by atoms with Gasteiger partial charge in [-0.25, -0.2) is 4.98 Å². The van der Waals surface area contributed by atoms with Crippen LogP contribution >= 0.6 is 0 Å². The first kappa shape index (κ1) is 18.2. The Morgan fingerprint density at radius 3 is 2.54 bits per heavy atom. The molecule has 0 saturated carbocycles. The number of benzene rings is 1. The van der Waals surface area contributed by atoms with Gasteiger partial charge in [-0.1, -0.05) is 24.3 Å². The molecule has 1 aliphatic heterocycles. The summed E-state index contributed by atoms with van der Waals surface area (Å²) in [5, 5.41) is 0. The Kier molecular flexibility index (Phi) is 6.07. The maximum Gasteiger partial charge on any atom is 0.236 e. The number of pyridine rings is 1. The van der Waals surface area contributed by atoms with Crippen LogP contribution in [0, 0.1) is 0 Å². The van der Waals surface area contributed by atoms with E-state index in [1.54, 1.807) is 12.0 Å². The second kappa shape index (κ2) is 8.67. The van der Waals surface area contributed by atoms with Crippen molar-refractivity contribution < 1.29 is 9.53 Å². The number of amides is 1. The van der Waals surface area contributed by atoms with Gasteiger partial charge in [0.05, 0.1) is 13.7 Å². The fourth-order valence-electron chi connectivity index (χ4n) is 3.17.